The largest absolute Gasteiger partial charge is 0.481 e. The van der Waals surface area contributed by atoms with Crippen LogP contribution in [0.2, 0.25) is 0 Å². The molecule has 146 valence electrons. The van der Waals surface area contributed by atoms with Gasteiger partial charge in [-0.05, 0) is 55.6 Å². The predicted octanol–water partition coefficient (Wildman–Crippen LogP) is 2.41. The van der Waals surface area contributed by atoms with Gasteiger partial charge in [0.25, 0.3) is 0 Å². The van der Waals surface area contributed by atoms with Crippen LogP contribution in [-0.2, 0) is 14.4 Å². The molecule has 1 aromatic carbocycles. The van der Waals surface area contributed by atoms with E-state index in [2.05, 4.69) is 15.5 Å². The molecule has 2 atom stereocenters. The van der Waals surface area contributed by atoms with Gasteiger partial charge in [-0.1, -0.05) is 20.3 Å². The Morgan fingerprint density at radius 2 is 1.56 bits per heavy atom. The summed E-state index contributed by atoms with van der Waals surface area (Å²) in [6.45, 7) is 5.90. The summed E-state index contributed by atoms with van der Waals surface area (Å²) in [5, 5.41) is 14.8. The van der Waals surface area contributed by atoms with Gasteiger partial charge in [-0.3, -0.25) is 19.3 Å². The Morgan fingerprint density at radius 3 is 2.07 bits per heavy atom. The second-order valence-electron chi connectivity index (χ2n) is 8.07. The highest BCUT2D eigenvalue weighted by Crippen LogP contribution is 2.58. The quantitative estimate of drug-likeness (QED) is 0.711. The molecule has 1 aliphatic carbocycles. The number of hydrogen-bond acceptors (Lipinski definition) is 4. The molecule has 0 radical (unpaired) electrons. The van der Waals surface area contributed by atoms with Crippen LogP contribution in [0.25, 0.3) is 0 Å². The number of aliphatic carboxylic acids is 1. The molecule has 1 heterocycles. The number of carboxylic acid groups (broad SMARTS) is 1. The van der Waals surface area contributed by atoms with Crippen molar-refractivity contribution in [2.45, 2.75) is 33.1 Å². The second-order valence-corrected chi connectivity index (χ2v) is 8.07. The van der Waals surface area contributed by atoms with E-state index in [1.807, 2.05) is 0 Å². The Bertz CT molecular complexity index is 723. The number of amides is 2. The predicted molar refractivity (Wildman–Crippen MR) is 102 cm³/mol. The number of hydrogen-bond donors (Lipinski definition) is 3. The van der Waals surface area contributed by atoms with Crippen LogP contribution in [0, 0.1) is 17.3 Å². The van der Waals surface area contributed by atoms with Crippen LogP contribution in [-0.4, -0.2) is 47.4 Å². The van der Waals surface area contributed by atoms with Crippen molar-refractivity contribution < 1.29 is 19.5 Å². The number of nitrogens with one attached hydrogen (secondary N) is 2. The highest BCUT2D eigenvalue weighted by Gasteiger charge is 2.65. The van der Waals surface area contributed by atoms with Crippen molar-refractivity contribution in [3.8, 4) is 0 Å². The number of carboxylic acids is 1. The Kier molecular flexibility index (Phi) is 5.51. The maximum atomic E-state index is 12.3. The van der Waals surface area contributed by atoms with Crippen LogP contribution in [0.3, 0.4) is 0 Å². The highest BCUT2D eigenvalue weighted by atomic mass is 16.4. The lowest BCUT2D eigenvalue weighted by atomic mass is 10.1. The van der Waals surface area contributed by atoms with Crippen LogP contribution in [0.15, 0.2) is 24.3 Å². The van der Waals surface area contributed by atoms with Crippen molar-refractivity contribution in [3.05, 3.63) is 24.3 Å². The number of piperidine rings is 1. The fraction of sp³-hybridized carbons (Fsp3) is 0.550. The third-order valence-electron chi connectivity index (χ3n) is 5.63. The summed E-state index contributed by atoms with van der Waals surface area (Å²) in [6, 6.07) is 6.88. The minimum atomic E-state index is -0.938. The Labute approximate surface area is 159 Å². The minimum Gasteiger partial charge on any atom is -0.481 e. The summed E-state index contributed by atoms with van der Waals surface area (Å²) >= 11 is 0. The summed E-state index contributed by atoms with van der Waals surface area (Å²) in [6.07, 6.45) is 3.51. The van der Waals surface area contributed by atoms with Crippen molar-refractivity contribution in [2.24, 2.45) is 17.3 Å². The monoisotopic (exact) mass is 373 g/mol. The van der Waals surface area contributed by atoms with Gasteiger partial charge in [-0.15, -0.1) is 0 Å². The van der Waals surface area contributed by atoms with Crippen LogP contribution < -0.4 is 10.6 Å². The van der Waals surface area contributed by atoms with Gasteiger partial charge < -0.3 is 15.7 Å². The van der Waals surface area contributed by atoms with Gasteiger partial charge in [0.2, 0.25) is 11.8 Å². The number of benzene rings is 1. The van der Waals surface area contributed by atoms with Gasteiger partial charge >= 0.3 is 5.97 Å². The molecule has 0 spiro atoms. The van der Waals surface area contributed by atoms with E-state index in [1.54, 1.807) is 38.1 Å². The number of nitrogens with zero attached hydrogens (tertiary/aromatic N) is 1. The van der Waals surface area contributed by atoms with Crippen molar-refractivity contribution in [2.75, 3.05) is 30.3 Å². The van der Waals surface area contributed by atoms with E-state index >= 15 is 0 Å². The van der Waals surface area contributed by atoms with Crippen molar-refractivity contribution in [1.82, 2.24) is 4.90 Å². The third kappa shape index (κ3) is 4.47. The Balaban J connectivity index is 1.51. The topological polar surface area (TPSA) is 98.7 Å². The Hall–Kier alpha value is -2.41. The fourth-order valence-electron chi connectivity index (χ4n) is 3.97. The SMILES string of the molecule is CC1(C)[C@H](C(=O)Nc2ccc(NC(=O)CN3CCCCC3)cc2)[C@@H]1C(=O)O. The molecule has 3 N–H and O–H groups in total. The number of carbonyl (C=O) groups excluding carboxylic acids is 2. The summed E-state index contributed by atoms with van der Waals surface area (Å²) in [4.78, 5) is 37.8. The smallest absolute Gasteiger partial charge is 0.307 e. The average molecular weight is 373 g/mol. The summed E-state index contributed by atoms with van der Waals surface area (Å²) < 4.78 is 0. The molecule has 2 fully saturated rings. The molecule has 1 aromatic rings. The van der Waals surface area contributed by atoms with Gasteiger partial charge in [-0.25, -0.2) is 0 Å². The number of carbonyl (C=O) groups is 3. The summed E-state index contributed by atoms with van der Waals surface area (Å²) in [5.41, 5.74) is 0.726. The first-order valence-corrected chi connectivity index (χ1v) is 9.45. The highest BCUT2D eigenvalue weighted by molar-refractivity contribution is 6.00. The zero-order chi connectivity index (χ0) is 19.6. The molecular formula is C20H27N3O4. The van der Waals surface area contributed by atoms with E-state index in [9.17, 15) is 19.5 Å². The van der Waals surface area contributed by atoms with E-state index in [0.717, 1.165) is 25.9 Å². The lowest BCUT2D eigenvalue weighted by Gasteiger charge is -2.25. The zero-order valence-corrected chi connectivity index (χ0v) is 15.8. The first-order valence-electron chi connectivity index (χ1n) is 9.45. The van der Waals surface area contributed by atoms with E-state index in [4.69, 9.17) is 0 Å². The van der Waals surface area contributed by atoms with Crippen molar-refractivity contribution in [3.63, 3.8) is 0 Å². The minimum absolute atomic E-state index is 0.0438. The lowest BCUT2D eigenvalue weighted by molar-refractivity contribution is -0.140. The molecule has 1 saturated heterocycles. The van der Waals surface area contributed by atoms with Crippen LogP contribution in [0.1, 0.15) is 33.1 Å². The van der Waals surface area contributed by atoms with Gasteiger partial charge in [0.15, 0.2) is 0 Å². The zero-order valence-electron chi connectivity index (χ0n) is 15.8. The normalized spacial score (nSPS) is 24.1. The maximum absolute atomic E-state index is 12.3. The van der Waals surface area contributed by atoms with Gasteiger partial charge in [0.1, 0.15) is 0 Å². The van der Waals surface area contributed by atoms with Crippen molar-refractivity contribution >= 4 is 29.2 Å². The van der Waals surface area contributed by atoms with Crippen LogP contribution in [0.4, 0.5) is 11.4 Å². The molecule has 7 heteroatoms. The molecule has 27 heavy (non-hydrogen) atoms. The summed E-state index contributed by atoms with van der Waals surface area (Å²) in [7, 11) is 0. The second kappa shape index (κ2) is 7.68. The molecule has 0 bridgehead atoms. The van der Waals surface area contributed by atoms with Gasteiger partial charge in [-0.2, -0.15) is 0 Å². The Morgan fingerprint density at radius 1 is 1.00 bits per heavy atom. The van der Waals surface area contributed by atoms with Gasteiger partial charge in [0.05, 0.1) is 18.4 Å². The molecule has 1 saturated carbocycles. The number of anilines is 2. The number of rotatable bonds is 6. The standard InChI is InChI=1S/C20H27N3O4/c1-20(2)16(17(20)19(26)27)18(25)22-14-8-6-13(7-9-14)21-15(24)12-23-10-4-3-5-11-23/h6-9,16-17H,3-5,10-12H2,1-2H3,(H,21,24)(H,22,25)(H,26,27)/t16-,17+/m0/s1. The van der Waals surface area contributed by atoms with Crippen molar-refractivity contribution in [1.29, 1.82) is 0 Å². The van der Waals surface area contributed by atoms with Gasteiger partial charge in [0, 0.05) is 11.4 Å². The molecule has 0 unspecified atom stereocenters. The van der Waals surface area contributed by atoms with E-state index in [-0.39, 0.29) is 11.8 Å². The lowest BCUT2D eigenvalue weighted by Crippen LogP contribution is -2.36. The molecule has 3 rings (SSSR count). The number of likely N-dealkylation sites (tertiary alicyclic amines) is 1. The average Bonchev–Trinajstić information content (AvgIpc) is 3.20. The molecule has 1 aliphatic heterocycles. The van der Waals surface area contributed by atoms with E-state index in [1.165, 1.54) is 6.42 Å². The third-order valence-corrected chi connectivity index (χ3v) is 5.63. The first kappa shape index (κ1) is 19.4. The van der Waals surface area contributed by atoms with E-state index in [0.29, 0.717) is 17.9 Å². The molecular weight excluding hydrogens is 346 g/mol. The maximum Gasteiger partial charge on any atom is 0.307 e. The molecule has 2 amide bonds. The summed E-state index contributed by atoms with van der Waals surface area (Å²) in [5.74, 6) is -2.44. The van der Waals surface area contributed by atoms with Crippen LogP contribution >= 0.6 is 0 Å². The van der Waals surface area contributed by atoms with Crippen LogP contribution in [0.5, 0.6) is 0 Å². The molecule has 7 nitrogen and oxygen atoms in total. The first-order chi connectivity index (χ1) is 12.8. The van der Waals surface area contributed by atoms with E-state index < -0.39 is 23.2 Å². The fourth-order valence-corrected chi connectivity index (χ4v) is 3.97. The molecule has 2 aliphatic rings. The molecule has 0 aromatic heterocycles.